The van der Waals surface area contributed by atoms with Gasteiger partial charge in [0.05, 0.1) is 23.9 Å². The molecule has 0 aromatic heterocycles. The van der Waals surface area contributed by atoms with Crippen molar-refractivity contribution in [1.82, 2.24) is 5.32 Å². The maximum Gasteiger partial charge on any atom is 0.136 e. The summed E-state index contributed by atoms with van der Waals surface area (Å²) in [6.45, 7) is 10.2. The number of rotatable bonds is 0. The monoisotopic (exact) mass is 443 g/mol. The highest BCUT2D eigenvalue weighted by molar-refractivity contribution is 5.84. The number of aliphatic hydroxyl groups is 2. The molecule has 2 aliphatic heterocycles. The third-order valence-electron chi connectivity index (χ3n) is 11.2. The van der Waals surface area contributed by atoms with Gasteiger partial charge in [-0.15, -0.1) is 0 Å². The third kappa shape index (κ3) is 2.68. The summed E-state index contributed by atoms with van der Waals surface area (Å²) in [6, 6.07) is 0.391. The van der Waals surface area contributed by atoms with Gasteiger partial charge in [-0.1, -0.05) is 20.8 Å². The molecular weight excluding hydrogens is 402 g/mol. The SMILES string of the molecule is CC1=C2[C@@H](CC[C@]13O[C@@H]1C[C@H](C)CN[C@H]1[C@H]3C)[C@@H]1CC(=O)[C@H]3C[C@@H](O)CC[C@]3(C)[C@H]1[C@H]2O. The van der Waals surface area contributed by atoms with Crippen LogP contribution in [0.3, 0.4) is 0 Å². The van der Waals surface area contributed by atoms with Crippen LogP contribution in [0.5, 0.6) is 0 Å². The van der Waals surface area contributed by atoms with Crippen LogP contribution in [0.2, 0.25) is 0 Å². The second-order valence-corrected chi connectivity index (χ2v) is 12.6. The molecule has 0 aromatic carbocycles. The number of carbonyl (C=O) groups excluding carboxylic acids is 1. The van der Waals surface area contributed by atoms with Crippen LogP contribution < -0.4 is 5.32 Å². The molecule has 2 saturated heterocycles. The molecular formula is C27H41NO4. The lowest BCUT2D eigenvalue weighted by Gasteiger charge is -2.53. The first-order valence-electron chi connectivity index (χ1n) is 13.2. The Kier molecular flexibility index (Phi) is 4.85. The molecule has 32 heavy (non-hydrogen) atoms. The van der Waals surface area contributed by atoms with Crippen molar-refractivity contribution in [3.8, 4) is 0 Å². The summed E-state index contributed by atoms with van der Waals surface area (Å²) in [5, 5.41) is 25.9. The number of nitrogens with one attached hydrogen (secondary N) is 1. The van der Waals surface area contributed by atoms with Gasteiger partial charge in [0.2, 0.25) is 0 Å². The van der Waals surface area contributed by atoms with E-state index >= 15 is 0 Å². The van der Waals surface area contributed by atoms with Crippen LogP contribution in [0.1, 0.15) is 72.6 Å². The Hall–Kier alpha value is -0.750. The van der Waals surface area contributed by atoms with E-state index in [9.17, 15) is 15.0 Å². The lowest BCUT2D eigenvalue weighted by molar-refractivity contribution is -0.150. The van der Waals surface area contributed by atoms with E-state index in [1.807, 2.05) is 0 Å². The average Bonchev–Trinajstić information content (AvgIpc) is 3.19. The lowest BCUT2D eigenvalue weighted by Crippen LogP contribution is -2.53. The largest absolute Gasteiger partial charge is 0.393 e. The van der Waals surface area contributed by atoms with Crippen molar-refractivity contribution in [2.75, 3.05) is 6.54 Å². The van der Waals surface area contributed by atoms with Gasteiger partial charge in [0.25, 0.3) is 0 Å². The molecule has 12 atom stereocenters. The Morgan fingerprint density at radius 1 is 1.12 bits per heavy atom. The molecule has 6 aliphatic rings. The minimum Gasteiger partial charge on any atom is -0.393 e. The molecule has 5 nitrogen and oxygen atoms in total. The molecule has 3 N–H and O–H groups in total. The van der Waals surface area contributed by atoms with Gasteiger partial charge >= 0.3 is 0 Å². The number of piperidine rings is 1. The topological polar surface area (TPSA) is 78.8 Å². The van der Waals surface area contributed by atoms with Gasteiger partial charge < -0.3 is 20.3 Å². The molecule has 5 fully saturated rings. The van der Waals surface area contributed by atoms with Gasteiger partial charge in [-0.2, -0.15) is 0 Å². The van der Waals surface area contributed by atoms with E-state index in [2.05, 4.69) is 33.0 Å². The second kappa shape index (κ2) is 7.13. The van der Waals surface area contributed by atoms with Crippen molar-refractivity contribution in [1.29, 1.82) is 0 Å². The predicted octanol–water partition coefficient (Wildman–Crippen LogP) is 3.23. The van der Waals surface area contributed by atoms with E-state index in [1.54, 1.807) is 0 Å². The highest BCUT2D eigenvalue weighted by Gasteiger charge is 2.65. The van der Waals surface area contributed by atoms with Gasteiger partial charge in [0.15, 0.2) is 0 Å². The minimum absolute atomic E-state index is 0.104. The van der Waals surface area contributed by atoms with Crippen molar-refractivity contribution >= 4 is 5.78 Å². The van der Waals surface area contributed by atoms with Crippen LogP contribution >= 0.6 is 0 Å². The second-order valence-electron chi connectivity index (χ2n) is 12.6. The zero-order chi connectivity index (χ0) is 22.6. The molecule has 4 aliphatic carbocycles. The Bertz CT molecular complexity index is 855. The normalized spacial score (nSPS) is 57.2. The lowest BCUT2D eigenvalue weighted by atomic mass is 9.51. The Morgan fingerprint density at radius 3 is 2.69 bits per heavy atom. The number of carbonyl (C=O) groups is 1. The Balaban J connectivity index is 1.39. The fraction of sp³-hybridized carbons (Fsp3) is 0.889. The molecule has 6 rings (SSSR count). The summed E-state index contributed by atoms with van der Waals surface area (Å²) in [4.78, 5) is 13.2. The van der Waals surface area contributed by atoms with Crippen molar-refractivity contribution in [3.05, 3.63) is 11.1 Å². The molecule has 1 spiro atoms. The first-order valence-corrected chi connectivity index (χ1v) is 13.2. The molecule has 0 radical (unpaired) electrons. The van der Waals surface area contributed by atoms with Crippen LogP contribution in [0.25, 0.3) is 0 Å². The molecule has 3 saturated carbocycles. The molecule has 0 bridgehead atoms. The molecule has 178 valence electrons. The summed E-state index contributed by atoms with van der Waals surface area (Å²) in [5.74, 6) is 1.92. The van der Waals surface area contributed by atoms with E-state index in [4.69, 9.17) is 4.74 Å². The van der Waals surface area contributed by atoms with Crippen LogP contribution in [0, 0.1) is 40.9 Å². The number of ether oxygens (including phenoxy) is 1. The number of Topliss-reactive ketones (excluding diaryl/α,β-unsaturated/α-hetero) is 1. The van der Waals surface area contributed by atoms with Gasteiger partial charge in [-0.25, -0.2) is 0 Å². The summed E-state index contributed by atoms with van der Waals surface area (Å²) in [6.07, 6.45) is 5.26. The molecule has 0 aromatic rings. The predicted molar refractivity (Wildman–Crippen MR) is 122 cm³/mol. The molecule has 2 heterocycles. The van der Waals surface area contributed by atoms with E-state index in [0.29, 0.717) is 42.4 Å². The van der Waals surface area contributed by atoms with E-state index in [1.165, 1.54) is 11.1 Å². The molecule has 5 heteroatoms. The number of hydrogen-bond acceptors (Lipinski definition) is 5. The highest BCUT2D eigenvalue weighted by Crippen LogP contribution is 2.65. The van der Waals surface area contributed by atoms with Crippen LogP contribution in [-0.4, -0.2) is 52.5 Å². The maximum absolute atomic E-state index is 13.2. The average molecular weight is 444 g/mol. The quantitative estimate of drug-likeness (QED) is 0.501. The fourth-order valence-electron chi connectivity index (χ4n) is 9.60. The summed E-state index contributed by atoms with van der Waals surface area (Å²) in [7, 11) is 0. The van der Waals surface area contributed by atoms with E-state index in [0.717, 1.165) is 38.6 Å². The molecule has 0 amide bonds. The Morgan fingerprint density at radius 2 is 1.91 bits per heavy atom. The fourth-order valence-corrected chi connectivity index (χ4v) is 9.60. The first kappa shape index (κ1) is 21.8. The van der Waals surface area contributed by atoms with E-state index < -0.39 is 6.10 Å². The molecule has 0 unspecified atom stereocenters. The van der Waals surface area contributed by atoms with Crippen molar-refractivity contribution in [2.24, 2.45) is 40.9 Å². The van der Waals surface area contributed by atoms with Gasteiger partial charge in [0.1, 0.15) is 5.78 Å². The number of aliphatic hydroxyl groups excluding tert-OH is 2. The summed E-state index contributed by atoms with van der Waals surface area (Å²) >= 11 is 0. The van der Waals surface area contributed by atoms with Crippen LogP contribution in [-0.2, 0) is 9.53 Å². The van der Waals surface area contributed by atoms with Crippen LogP contribution in [0.15, 0.2) is 11.1 Å². The van der Waals surface area contributed by atoms with Gasteiger partial charge in [0, 0.05) is 24.3 Å². The minimum atomic E-state index is -0.483. The number of fused-ring (bicyclic) bond motifs is 6. The smallest absolute Gasteiger partial charge is 0.136 e. The summed E-state index contributed by atoms with van der Waals surface area (Å²) < 4.78 is 6.93. The zero-order valence-corrected chi connectivity index (χ0v) is 20.1. The Labute approximate surface area is 192 Å². The standard InChI is InChI=1S/C27H41NO4/c1-13-9-21-24(28-12-13)15(3)27(32-21)8-6-17-18-11-20(30)19-10-16(29)5-7-26(19,4)23(18)25(31)22(17)14(27)2/h13,15-19,21,23-25,28-29,31H,5-12H2,1-4H3/t13-,15+,16-,17-,18-,19+,21+,23+,24-,25-,26-,27-/m0/s1. The van der Waals surface area contributed by atoms with Gasteiger partial charge in [-0.3, -0.25) is 4.79 Å². The maximum atomic E-state index is 13.2. The van der Waals surface area contributed by atoms with Crippen molar-refractivity contribution < 1.29 is 19.7 Å². The first-order chi connectivity index (χ1) is 15.2. The third-order valence-corrected chi connectivity index (χ3v) is 11.2. The van der Waals surface area contributed by atoms with Crippen molar-refractivity contribution in [2.45, 2.75) is 103 Å². The highest BCUT2D eigenvalue weighted by atomic mass is 16.5. The number of hydrogen-bond donors (Lipinski definition) is 3. The van der Waals surface area contributed by atoms with Crippen LogP contribution in [0.4, 0.5) is 0 Å². The summed E-state index contributed by atoms with van der Waals surface area (Å²) in [5.41, 5.74) is 2.00. The zero-order valence-electron chi connectivity index (χ0n) is 20.1. The van der Waals surface area contributed by atoms with E-state index in [-0.39, 0.29) is 41.0 Å². The van der Waals surface area contributed by atoms with Gasteiger partial charge in [-0.05, 0) is 92.2 Å². The number of ketones is 1. The van der Waals surface area contributed by atoms with Crippen molar-refractivity contribution in [3.63, 3.8) is 0 Å².